The number of aryl methyl sites for hydroxylation is 1. The van der Waals surface area contributed by atoms with Crippen LogP contribution in [0.4, 0.5) is 0 Å². The van der Waals surface area contributed by atoms with Gasteiger partial charge < -0.3 is 5.32 Å². The Kier molecular flexibility index (Phi) is 4.47. The van der Waals surface area contributed by atoms with Gasteiger partial charge in [0.25, 0.3) is 0 Å². The van der Waals surface area contributed by atoms with Crippen LogP contribution in [0.1, 0.15) is 11.1 Å². The van der Waals surface area contributed by atoms with E-state index in [4.69, 9.17) is 11.6 Å². The molecule has 1 aromatic carbocycles. The molecule has 0 fully saturated rings. The van der Waals surface area contributed by atoms with E-state index >= 15 is 0 Å². The van der Waals surface area contributed by atoms with Gasteiger partial charge in [-0.15, -0.1) is 0 Å². The number of nitrogens with one attached hydrogen (secondary N) is 1. The molecule has 20 heavy (non-hydrogen) atoms. The Bertz CT molecular complexity index is 710. The summed E-state index contributed by atoms with van der Waals surface area (Å²) in [6, 6.07) is 4.91. The molecule has 0 saturated heterocycles. The minimum absolute atomic E-state index is 0.267. The van der Waals surface area contributed by atoms with E-state index in [1.165, 1.54) is 6.26 Å². The van der Waals surface area contributed by atoms with E-state index in [-0.39, 0.29) is 4.90 Å². The second-order valence-corrected chi connectivity index (χ2v) is 7.01. The lowest BCUT2D eigenvalue weighted by molar-refractivity contribution is 0.598. The van der Waals surface area contributed by atoms with E-state index in [0.717, 1.165) is 5.56 Å². The van der Waals surface area contributed by atoms with Crippen LogP contribution >= 0.6 is 11.6 Å². The quantitative estimate of drug-likeness (QED) is 0.913. The van der Waals surface area contributed by atoms with E-state index in [0.29, 0.717) is 23.7 Å². The lowest BCUT2D eigenvalue weighted by atomic mass is 10.2. The topological polar surface area (TPSA) is 64.0 Å². The molecule has 0 radical (unpaired) electrons. The first-order chi connectivity index (χ1) is 9.38. The number of nitrogens with zero attached hydrogens (tertiary/aromatic N) is 2. The highest BCUT2D eigenvalue weighted by molar-refractivity contribution is 7.90. The molecule has 0 spiro atoms. The van der Waals surface area contributed by atoms with Gasteiger partial charge in [-0.2, -0.15) is 5.10 Å². The van der Waals surface area contributed by atoms with Crippen LogP contribution in [-0.2, 0) is 30.0 Å². The van der Waals surface area contributed by atoms with Crippen LogP contribution in [0.3, 0.4) is 0 Å². The van der Waals surface area contributed by atoms with Crippen LogP contribution in [0.2, 0.25) is 5.02 Å². The van der Waals surface area contributed by atoms with Crippen molar-refractivity contribution in [1.82, 2.24) is 15.1 Å². The van der Waals surface area contributed by atoms with Gasteiger partial charge in [0.05, 0.1) is 11.1 Å². The number of rotatable bonds is 5. The summed E-state index contributed by atoms with van der Waals surface area (Å²) >= 11 is 6.10. The fraction of sp³-hybridized carbons (Fsp3) is 0.308. The van der Waals surface area contributed by atoms with Crippen molar-refractivity contribution in [2.45, 2.75) is 18.0 Å². The molecule has 1 N–H and O–H groups in total. The molecule has 0 atom stereocenters. The van der Waals surface area contributed by atoms with Gasteiger partial charge >= 0.3 is 0 Å². The van der Waals surface area contributed by atoms with Gasteiger partial charge in [0.2, 0.25) is 0 Å². The number of sulfone groups is 1. The number of halogens is 1. The Morgan fingerprint density at radius 2 is 2.10 bits per heavy atom. The Hall–Kier alpha value is -1.37. The van der Waals surface area contributed by atoms with Crippen molar-refractivity contribution in [3.8, 4) is 0 Å². The Morgan fingerprint density at radius 3 is 2.70 bits per heavy atom. The van der Waals surface area contributed by atoms with E-state index in [9.17, 15) is 8.42 Å². The molecule has 2 aromatic rings. The van der Waals surface area contributed by atoms with Crippen molar-refractivity contribution < 1.29 is 8.42 Å². The van der Waals surface area contributed by atoms with Gasteiger partial charge in [-0.25, -0.2) is 8.42 Å². The zero-order valence-corrected chi connectivity index (χ0v) is 12.9. The molecular weight excluding hydrogens is 298 g/mol. The average Bonchev–Trinajstić information content (AvgIpc) is 2.76. The molecular formula is C13H16ClN3O2S. The summed E-state index contributed by atoms with van der Waals surface area (Å²) in [6.07, 6.45) is 4.84. The minimum Gasteiger partial charge on any atom is -0.308 e. The van der Waals surface area contributed by atoms with Gasteiger partial charge in [0.1, 0.15) is 0 Å². The third kappa shape index (κ3) is 3.59. The normalized spacial score (nSPS) is 11.8. The molecule has 0 amide bonds. The zero-order chi connectivity index (χ0) is 14.8. The van der Waals surface area contributed by atoms with E-state index in [1.54, 1.807) is 29.1 Å². The van der Waals surface area contributed by atoms with Gasteiger partial charge in [-0.3, -0.25) is 4.68 Å². The van der Waals surface area contributed by atoms with Crippen LogP contribution in [-0.4, -0.2) is 24.5 Å². The van der Waals surface area contributed by atoms with Gasteiger partial charge in [-0.05, 0) is 12.1 Å². The Labute approximate surface area is 123 Å². The van der Waals surface area contributed by atoms with Crippen molar-refractivity contribution in [3.05, 3.63) is 46.7 Å². The highest BCUT2D eigenvalue weighted by atomic mass is 35.5. The van der Waals surface area contributed by atoms with Crippen molar-refractivity contribution in [1.29, 1.82) is 0 Å². The lowest BCUT2D eigenvalue weighted by Gasteiger charge is -2.10. The maximum absolute atomic E-state index is 11.7. The summed E-state index contributed by atoms with van der Waals surface area (Å²) in [5, 5.41) is 7.70. The molecule has 7 heteroatoms. The molecule has 108 valence electrons. The molecule has 2 rings (SSSR count). The monoisotopic (exact) mass is 313 g/mol. The molecule has 0 aliphatic heterocycles. The SMILES string of the molecule is Cn1cc(CNCc2c(Cl)cccc2S(C)(=O)=O)cn1. The van der Waals surface area contributed by atoms with Crippen molar-refractivity contribution in [2.75, 3.05) is 6.26 Å². The summed E-state index contributed by atoms with van der Waals surface area (Å²) in [5.74, 6) is 0. The summed E-state index contributed by atoms with van der Waals surface area (Å²) in [4.78, 5) is 0.267. The fourth-order valence-corrected chi connectivity index (χ4v) is 3.21. The lowest BCUT2D eigenvalue weighted by Crippen LogP contribution is -2.15. The van der Waals surface area contributed by atoms with Crippen LogP contribution in [0.25, 0.3) is 0 Å². The van der Waals surface area contributed by atoms with Crippen molar-refractivity contribution in [3.63, 3.8) is 0 Å². The van der Waals surface area contributed by atoms with Crippen LogP contribution in [0.5, 0.6) is 0 Å². The second kappa shape index (κ2) is 5.95. The van der Waals surface area contributed by atoms with Crippen LogP contribution in [0.15, 0.2) is 35.5 Å². The van der Waals surface area contributed by atoms with Gasteiger partial charge in [0.15, 0.2) is 9.84 Å². The molecule has 5 nitrogen and oxygen atoms in total. The Balaban J connectivity index is 2.13. The third-order valence-corrected chi connectivity index (χ3v) is 4.40. The summed E-state index contributed by atoms with van der Waals surface area (Å²) in [5.41, 5.74) is 1.63. The summed E-state index contributed by atoms with van der Waals surface area (Å²) in [7, 11) is -1.44. The standard InChI is InChI=1S/C13H16ClN3O2S/c1-17-9-10(7-16-17)6-15-8-11-12(14)4-3-5-13(11)20(2,18)19/h3-5,7,9,15H,6,8H2,1-2H3. The highest BCUT2D eigenvalue weighted by Crippen LogP contribution is 2.23. The largest absolute Gasteiger partial charge is 0.308 e. The number of aromatic nitrogens is 2. The van der Waals surface area contributed by atoms with E-state index in [2.05, 4.69) is 10.4 Å². The molecule has 0 saturated carbocycles. The van der Waals surface area contributed by atoms with Gasteiger partial charge in [0, 0.05) is 48.7 Å². The van der Waals surface area contributed by atoms with Crippen LogP contribution < -0.4 is 5.32 Å². The molecule has 0 unspecified atom stereocenters. The smallest absolute Gasteiger partial charge is 0.175 e. The number of hydrogen-bond acceptors (Lipinski definition) is 4. The highest BCUT2D eigenvalue weighted by Gasteiger charge is 2.15. The second-order valence-electron chi connectivity index (χ2n) is 4.61. The number of benzene rings is 1. The molecule has 0 aliphatic carbocycles. The van der Waals surface area contributed by atoms with Crippen molar-refractivity contribution >= 4 is 21.4 Å². The minimum atomic E-state index is -3.29. The van der Waals surface area contributed by atoms with Gasteiger partial charge in [-0.1, -0.05) is 17.7 Å². The summed E-state index contributed by atoms with van der Waals surface area (Å²) < 4.78 is 25.2. The molecule has 0 bridgehead atoms. The third-order valence-electron chi connectivity index (χ3n) is 2.86. The zero-order valence-electron chi connectivity index (χ0n) is 11.3. The molecule has 1 heterocycles. The number of hydrogen-bond donors (Lipinski definition) is 1. The summed E-state index contributed by atoms with van der Waals surface area (Å²) in [6.45, 7) is 0.985. The van der Waals surface area contributed by atoms with Crippen LogP contribution in [0, 0.1) is 0 Å². The maximum atomic E-state index is 11.7. The maximum Gasteiger partial charge on any atom is 0.175 e. The first kappa shape index (κ1) is 15.0. The predicted molar refractivity (Wildman–Crippen MR) is 78.3 cm³/mol. The Morgan fingerprint density at radius 1 is 1.35 bits per heavy atom. The fourth-order valence-electron chi connectivity index (χ4n) is 1.95. The first-order valence-corrected chi connectivity index (χ1v) is 8.30. The predicted octanol–water partition coefficient (Wildman–Crippen LogP) is 1.77. The molecule has 0 aliphatic rings. The average molecular weight is 314 g/mol. The molecule has 1 aromatic heterocycles. The first-order valence-electron chi connectivity index (χ1n) is 6.03. The van der Waals surface area contributed by atoms with E-state index < -0.39 is 9.84 Å². The van der Waals surface area contributed by atoms with E-state index in [1.807, 2.05) is 13.2 Å². The van der Waals surface area contributed by atoms with Crippen molar-refractivity contribution in [2.24, 2.45) is 7.05 Å².